The lowest BCUT2D eigenvalue weighted by molar-refractivity contribution is -0.126. The maximum atomic E-state index is 12.1. The first-order chi connectivity index (χ1) is 19.9. The monoisotopic (exact) mass is 558 g/mol. The Morgan fingerprint density at radius 1 is 1.02 bits per heavy atom. The van der Waals surface area contributed by atoms with E-state index in [-0.39, 0.29) is 23.6 Å². The molecule has 0 radical (unpaired) electrons. The topological polar surface area (TPSA) is 123 Å². The molecule has 0 aliphatic carbocycles. The number of nitrogens with zero attached hydrogens (tertiary/aromatic N) is 6. The number of phenolic OH excluding ortho intramolecular Hbond substituents is 1. The maximum absolute atomic E-state index is 12.1. The number of fused-ring (bicyclic) bond motifs is 2. The van der Waals surface area contributed by atoms with E-state index in [0.717, 1.165) is 52.9 Å². The Hall–Kier alpha value is -4.54. The van der Waals surface area contributed by atoms with Crippen molar-refractivity contribution in [3.63, 3.8) is 0 Å². The van der Waals surface area contributed by atoms with Gasteiger partial charge in [-0.25, -0.2) is 4.79 Å². The average Bonchev–Trinajstić information content (AvgIpc) is 3.48. The number of hydrogen-bond acceptors (Lipinski definition) is 8. The molecule has 0 spiro atoms. The molecule has 0 saturated carbocycles. The van der Waals surface area contributed by atoms with Gasteiger partial charge < -0.3 is 34.5 Å². The van der Waals surface area contributed by atoms with Gasteiger partial charge in [0.25, 0.3) is 0 Å². The fourth-order valence-electron chi connectivity index (χ4n) is 6.06. The Bertz CT molecular complexity index is 1490. The van der Waals surface area contributed by atoms with Crippen molar-refractivity contribution in [2.75, 3.05) is 62.2 Å². The Morgan fingerprint density at radius 2 is 1.83 bits per heavy atom. The number of ether oxygens (including phenoxy) is 1. The van der Waals surface area contributed by atoms with Gasteiger partial charge in [-0.05, 0) is 30.4 Å². The van der Waals surface area contributed by atoms with Gasteiger partial charge in [-0.15, -0.1) is 0 Å². The molecule has 6 rings (SSSR count). The number of piperazine rings is 1. The number of aromatic nitrogens is 2. The number of likely N-dealkylation sites (tertiary alicyclic amines) is 1. The van der Waals surface area contributed by atoms with Gasteiger partial charge in [0.1, 0.15) is 11.6 Å². The van der Waals surface area contributed by atoms with Crippen molar-refractivity contribution in [1.82, 2.24) is 19.8 Å². The Labute approximate surface area is 238 Å². The van der Waals surface area contributed by atoms with E-state index in [9.17, 15) is 19.8 Å². The zero-order valence-corrected chi connectivity index (χ0v) is 22.9. The van der Waals surface area contributed by atoms with E-state index in [2.05, 4.69) is 22.4 Å². The lowest BCUT2D eigenvalue weighted by Gasteiger charge is -2.38. The van der Waals surface area contributed by atoms with Crippen LogP contribution in [0.15, 0.2) is 49.1 Å². The number of amides is 2. The molecule has 0 unspecified atom stereocenters. The highest BCUT2D eigenvalue weighted by atomic mass is 16.5. The Kier molecular flexibility index (Phi) is 7.25. The highest BCUT2D eigenvalue weighted by Gasteiger charge is 2.30. The molecule has 0 bridgehead atoms. The number of benzene rings is 2. The number of carbonyl (C=O) groups is 2. The maximum Gasteiger partial charge on any atom is 0.407 e. The van der Waals surface area contributed by atoms with Crippen molar-refractivity contribution < 1.29 is 24.5 Å². The van der Waals surface area contributed by atoms with Crippen LogP contribution in [0.4, 0.5) is 16.3 Å². The third-order valence-electron chi connectivity index (χ3n) is 8.26. The molecular formula is C30H34N6O5. The van der Waals surface area contributed by atoms with Crippen LogP contribution in [0.3, 0.4) is 0 Å². The number of carboxylic acid groups (broad SMARTS) is 1. The largest absolute Gasteiger partial charge is 0.508 e. The minimum Gasteiger partial charge on any atom is -0.508 e. The van der Waals surface area contributed by atoms with Gasteiger partial charge in [0, 0.05) is 74.4 Å². The number of anilines is 2. The molecular weight excluding hydrogens is 524 g/mol. The molecule has 11 heteroatoms. The number of carbonyl (C=O) groups excluding carboxylic acids is 1. The van der Waals surface area contributed by atoms with Crippen LogP contribution in [-0.4, -0.2) is 94.4 Å². The van der Waals surface area contributed by atoms with Crippen LogP contribution < -0.4 is 14.5 Å². The summed E-state index contributed by atoms with van der Waals surface area (Å²) < 4.78 is 6.12. The van der Waals surface area contributed by atoms with Gasteiger partial charge in [-0.2, -0.15) is 9.97 Å². The molecule has 1 atom stereocenters. The second-order valence-electron chi connectivity index (χ2n) is 10.8. The molecule has 11 nitrogen and oxygen atoms in total. The van der Waals surface area contributed by atoms with Gasteiger partial charge >= 0.3 is 12.1 Å². The average molecular weight is 559 g/mol. The first-order valence-electron chi connectivity index (χ1n) is 14.0. The van der Waals surface area contributed by atoms with E-state index in [1.165, 1.54) is 11.0 Å². The highest BCUT2D eigenvalue weighted by Crippen LogP contribution is 2.36. The van der Waals surface area contributed by atoms with Crippen LogP contribution >= 0.6 is 0 Å². The van der Waals surface area contributed by atoms with Crippen molar-refractivity contribution in [1.29, 1.82) is 0 Å². The summed E-state index contributed by atoms with van der Waals surface area (Å²) in [5.74, 6) is 1.06. The van der Waals surface area contributed by atoms with Crippen molar-refractivity contribution in [3.05, 3.63) is 60.3 Å². The number of hydrogen-bond donors (Lipinski definition) is 2. The van der Waals surface area contributed by atoms with Gasteiger partial charge in [0.15, 0.2) is 0 Å². The Morgan fingerprint density at radius 3 is 2.59 bits per heavy atom. The van der Waals surface area contributed by atoms with E-state index in [0.29, 0.717) is 52.4 Å². The zero-order valence-electron chi connectivity index (χ0n) is 22.9. The van der Waals surface area contributed by atoms with E-state index >= 15 is 0 Å². The third kappa shape index (κ3) is 5.44. The molecule has 4 heterocycles. The molecule has 2 saturated heterocycles. The predicted octanol–water partition coefficient (Wildman–Crippen LogP) is 3.11. The van der Waals surface area contributed by atoms with E-state index in [1.54, 1.807) is 17.0 Å². The number of aromatic hydroxyl groups is 1. The molecule has 3 aliphatic heterocycles. The standard InChI is InChI=1S/C30H34N6O5/c1-2-27(38)33-11-13-34(14-12-33)28-24-8-10-35(26-16-22(37)15-21-5-3-4-6-23(21)26)18-25(24)31-29(32-28)41-19-20-7-9-36(17-20)30(39)40/h2-6,15-16,20,37H,1,7-14,17-19H2,(H,39,40)/t20-/m1/s1. The smallest absolute Gasteiger partial charge is 0.407 e. The summed E-state index contributed by atoms with van der Waals surface area (Å²) >= 11 is 0. The van der Waals surface area contributed by atoms with Gasteiger partial charge in [0.2, 0.25) is 5.91 Å². The summed E-state index contributed by atoms with van der Waals surface area (Å²) in [4.78, 5) is 40.8. The van der Waals surface area contributed by atoms with Crippen molar-refractivity contribution >= 4 is 34.3 Å². The summed E-state index contributed by atoms with van der Waals surface area (Å²) in [5.41, 5.74) is 2.89. The molecule has 1 aromatic heterocycles. The summed E-state index contributed by atoms with van der Waals surface area (Å²) in [6, 6.07) is 11.9. The molecule has 3 aliphatic rings. The summed E-state index contributed by atoms with van der Waals surface area (Å²) in [6.45, 7) is 8.58. The van der Waals surface area contributed by atoms with Crippen LogP contribution in [0, 0.1) is 5.92 Å². The van der Waals surface area contributed by atoms with Crippen molar-refractivity contribution in [2.45, 2.75) is 19.4 Å². The van der Waals surface area contributed by atoms with Crippen LogP contribution in [0.5, 0.6) is 11.8 Å². The quantitative estimate of drug-likeness (QED) is 0.440. The normalized spacial score (nSPS) is 18.9. The Balaban J connectivity index is 1.29. The molecule has 3 aromatic rings. The second-order valence-corrected chi connectivity index (χ2v) is 10.8. The summed E-state index contributed by atoms with van der Waals surface area (Å²) in [5, 5.41) is 21.8. The lowest BCUT2D eigenvalue weighted by atomic mass is 10.0. The van der Waals surface area contributed by atoms with Crippen LogP contribution in [0.1, 0.15) is 17.7 Å². The first-order valence-corrected chi connectivity index (χ1v) is 14.0. The first kappa shape index (κ1) is 26.7. The second kappa shape index (κ2) is 11.1. The SMILES string of the molecule is C=CC(=O)N1CCN(c2nc(OC[C@@H]3CCN(C(=O)O)C3)nc3c2CCN(c2cc(O)cc4ccccc24)C3)CC1. The predicted molar refractivity (Wildman–Crippen MR) is 155 cm³/mol. The third-order valence-corrected chi connectivity index (χ3v) is 8.26. The number of rotatable bonds is 6. The fourth-order valence-corrected chi connectivity index (χ4v) is 6.06. The minimum absolute atomic E-state index is 0.0701. The number of phenols is 1. The van der Waals surface area contributed by atoms with E-state index < -0.39 is 6.09 Å². The molecule has 2 aromatic carbocycles. The minimum atomic E-state index is -0.909. The van der Waals surface area contributed by atoms with Gasteiger partial charge in [0.05, 0.1) is 18.8 Å². The fraction of sp³-hybridized carbons (Fsp3) is 0.400. The molecule has 41 heavy (non-hydrogen) atoms. The van der Waals surface area contributed by atoms with Gasteiger partial charge in [-0.1, -0.05) is 30.8 Å². The van der Waals surface area contributed by atoms with Crippen molar-refractivity contribution in [2.24, 2.45) is 5.92 Å². The van der Waals surface area contributed by atoms with Crippen LogP contribution in [-0.2, 0) is 17.8 Å². The van der Waals surface area contributed by atoms with Crippen LogP contribution in [0.25, 0.3) is 10.8 Å². The van der Waals surface area contributed by atoms with E-state index in [4.69, 9.17) is 14.7 Å². The molecule has 2 fully saturated rings. The van der Waals surface area contributed by atoms with Crippen LogP contribution in [0.2, 0.25) is 0 Å². The van der Waals surface area contributed by atoms with Crippen molar-refractivity contribution in [3.8, 4) is 11.8 Å². The lowest BCUT2D eigenvalue weighted by Crippen LogP contribution is -2.49. The van der Waals surface area contributed by atoms with Gasteiger partial charge in [-0.3, -0.25) is 4.79 Å². The summed E-state index contributed by atoms with van der Waals surface area (Å²) in [6.07, 6.45) is 1.90. The molecule has 2 amide bonds. The molecule has 2 N–H and O–H groups in total. The highest BCUT2D eigenvalue weighted by molar-refractivity contribution is 5.95. The zero-order chi connectivity index (χ0) is 28.5. The summed E-state index contributed by atoms with van der Waals surface area (Å²) in [7, 11) is 0. The van der Waals surface area contributed by atoms with E-state index in [1.807, 2.05) is 18.2 Å². The molecule has 214 valence electrons.